The van der Waals surface area contributed by atoms with E-state index < -0.39 is 59.6 Å². The first-order valence-corrected chi connectivity index (χ1v) is 25.6. The number of aromatic nitrogens is 2. The van der Waals surface area contributed by atoms with Gasteiger partial charge in [-0.3, -0.25) is 19.4 Å². The van der Waals surface area contributed by atoms with E-state index in [1.54, 1.807) is 52.3 Å². The van der Waals surface area contributed by atoms with Crippen LogP contribution in [0.15, 0.2) is 121 Å². The van der Waals surface area contributed by atoms with Crippen molar-refractivity contribution in [2.75, 3.05) is 25.7 Å². The van der Waals surface area contributed by atoms with Gasteiger partial charge < -0.3 is 31.6 Å². The van der Waals surface area contributed by atoms with Crippen molar-refractivity contribution in [2.45, 2.75) is 65.0 Å². The standard InChI is InChI=1S/2C31H26F2N4O3/c1-15-10-27(34)36-16(2)25(15)14-35-30(38)18-5-8-22-24(12-18)29-21-7-4-17(20-9-6-19(32)13-26(20)33)11-23(21)28(22)37(29)31(39)40-3;1-15-10-27(34)36-16(2)25(15)14-35-30(38)18-5-8-22-24(12-18)29-23-11-17(20-9-6-19(32)13-26(20)33)4-7-21(23)28(22)37(29)31(39)40-3/h2*4-13,28-29H,14H2,1-3H3,(H2,34,36)(H,35,38). The van der Waals surface area contributed by atoms with Crippen LogP contribution in [0.3, 0.4) is 0 Å². The quantitative estimate of drug-likeness (QED) is 0.106. The fourth-order valence-electron chi connectivity index (χ4n) is 12.0. The molecule has 4 aliphatic heterocycles. The fraction of sp³-hybridized carbons (Fsp3) is 0.194. The first-order chi connectivity index (χ1) is 38.3. The zero-order valence-electron chi connectivity index (χ0n) is 44.2. The maximum atomic E-state index is 14.6. The van der Waals surface area contributed by atoms with E-state index in [0.29, 0.717) is 40.4 Å². The van der Waals surface area contributed by atoms with E-state index >= 15 is 0 Å². The maximum Gasteiger partial charge on any atom is 0.411 e. The smallest absolute Gasteiger partial charge is 0.411 e. The number of pyridine rings is 2. The molecule has 4 aliphatic rings. The number of rotatable bonds is 8. The summed E-state index contributed by atoms with van der Waals surface area (Å²) in [4.78, 5) is 64.1. The van der Waals surface area contributed by atoms with Gasteiger partial charge in [-0.05, 0) is 178 Å². The van der Waals surface area contributed by atoms with Gasteiger partial charge >= 0.3 is 12.2 Å². The van der Waals surface area contributed by atoms with E-state index in [1.165, 1.54) is 38.5 Å². The van der Waals surface area contributed by atoms with Gasteiger partial charge in [-0.2, -0.15) is 0 Å². The second-order valence-electron chi connectivity index (χ2n) is 20.2. The number of hydrogen-bond donors (Lipinski definition) is 4. The van der Waals surface area contributed by atoms with Crippen molar-refractivity contribution in [2.24, 2.45) is 0 Å². The summed E-state index contributed by atoms with van der Waals surface area (Å²) in [6, 6.07) is 30.3. The van der Waals surface area contributed by atoms with Crippen LogP contribution in [0.25, 0.3) is 22.3 Å². The summed E-state index contributed by atoms with van der Waals surface area (Å²) in [5.74, 6) is -2.30. The molecule has 0 saturated carbocycles. The minimum Gasteiger partial charge on any atom is -0.453 e. The van der Waals surface area contributed by atoms with Gasteiger partial charge in [0.25, 0.3) is 11.8 Å². The number of methoxy groups -OCH3 is 2. The van der Waals surface area contributed by atoms with Crippen molar-refractivity contribution in [3.63, 3.8) is 0 Å². The van der Waals surface area contributed by atoms with Gasteiger partial charge in [0.15, 0.2) is 0 Å². The number of carbonyl (C=O) groups excluding carboxylic acids is 4. The summed E-state index contributed by atoms with van der Waals surface area (Å²) in [7, 11) is 2.65. The molecule has 0 aliphatic carbocycles. The van der Waals surface area contributed by atoms with Crippen LogP contribution in [0.2, 0.25) is 0 Å². The monoisotopic (exact) mass is 1080 g/mol. The largest absolute Gasteiger partial charge is 0.453 e. The number of nitrogens with one attached hydrogen (secondary N) is 2. The van der Waals surface area contributed by atoms with Crippen LogP contribution in [0.1, 0.15) is 123 Å². The lowest BCUT2D eigenvalue weighted by atomic mass is 9.83. The molecule has 0 fully saturated rings. The van der Waals surface area contributed by atoms with Crippen LogP contribution in [0, 0.1) is 51.0 Å². The molecule has 0 saturated heterocycles. The van der Waals surface area contributed by atoms with Crippen LogP contribution < -0.4 is 22.1 Å². The number of hydrogen-bond acceptors (Lipinski definition) is 10. The summed E-state index contributed by atoms with van der Waals surface area (Å²) >= 11 is 0. The lowest BCUT2D eigenvalue weighted by Crippen LogP contribution is -2.28. The number of nitrogens with two attached hydrogens (primary N) is 2. The zero-order valence-corrected chi connectivity index (χ0v) is 44.2. The van der Waals surface area contributed by atoms with E-state index in [2.05, 4.69) is 20.6 Å². The van der Waals surface area contributed by atoms with Crippen molar-refractivity contribution in [3.05, 3.63) is 234 Å². The average molecular weight is 1080 g/mol. The van der Waals surface area contributed by atoms with E-state index in [1.807, 2.05) is 70.2 Å². The number of nitrogens with zero attached hydrogens (tertiary/aromatic N) is 4. The molecule has 0 spiro atoms. The number of amides is 4. The fourth-order valence-corrected chi connectivity index (χ4v) is 12.0. The Kier molecular flexibility index (Phi) is 13.3. The molecule has 4 bridgehead atoms. The lowest BCUT2D eigenvalue weighted by Gasteiger charge is -2.21. The number of halogens is 4. The van der Waals surface area contributed by atoms with Crippen LogP contribution in [-0.2, 0) is 22.6 Å². The number of aryl methyl sites for hydroxylation is 4. The van der Waals surface area contributed by atoms with Crippen molar-refractivity contribution in [1.82, 2.24) is 30.4 Å². The molecule has 6 heterocycles. The summed E-state index contributed by atoms with van der Waals surface area (Å²) in [5, 5.41) is 5.92. The number of benzene rings is 6. The SMILES string of the molecule is COC(=O)N1C2c3ccc(-c4ccc(F)cc4F)cc3C1c1ccc(C(=O)NCc3c(C)cc(N)nc3C)cc12.COC(=O)N1C2c3ccc(C(=O)NCc4c(C)cc(N)nc4C)cc3C1c1cc(-c3ccc(F)cc3F)ccc12. The zero-order chi connectivity index (χ0) is 56.6. The summed E-state index contributed by atoms with van der Waals surface area (Å²) in [5.41, 5.74) is 26.2. The normalized spacial score (nSPS) is 16.5. The van der Waals surface area contributed by atoms with Gasteiger partial charge in [-0.1, -0.05) is 36.4 Å². The number of ether oxygens (including phenoxy) is 2. The van der Waals surface area contributed by atoms with E-state index in [0.717, 1.165) is 90.3 Å². The van der Waals surface area contributed by atoms with Gasteiger partial charge in [-0.15, -0.1) is 0 Å². The highest BCUT2D eigenvalue weighted by Crippen LogP contribution is 2.59. The number of fused-ring (bicyclic) bond motifs is 16. The highest BCUT2D eigenvalue weighted by Gasteiger charge is 2.52. The lowest BCUT2D eigenvalue weighted by molar-refractivity contribution is 0.0942. The topological polar surface area (TPSA) is 195 Å². The highest BCUT2D eigenvalue weighted by atomic mass is 19.1. The average Bonchev–Trinajstić information content (AvgIpc) is 4.37. The maximum absolute atomic E-state index is 14.6. The first-order valence-electron chi connectivity index (χ1n) is 25.6. The minimum atomic E-state index is -0.672. The van der Waals surface area contributed by atoms with Crippen LogP contribution in [-0.4, -0.2) is 58.0 Å². The Labute approximate surface area is 457 Å². The molecule has 4 unspecified atom stereocenters. The van der Waals surface area contributed by atoms with Crippen molar-refractivity contribution in [1.29, 1.82) is 0 Å². The molecule has 4 amide bonds. The Bertz CT molecular complexity index is 3890. The molecule has 80 heavy (non-hydrogen) atoms. The van der Waals surface area contributed by atoms with Crippen molar-refractivity contribution in [3.8, 4) is 22.3 Å². The molecule has 4 atom stereocenters. The van der Waals surface area contributed by atoms with Crippen molar-refractivity contribution >= 4 is 35.6 Å². The highest BCUT2D eigenvalue weighted by molar-refractivity contribution is 5.96. The van der Waals surface area contributed by atoms with E-state index in [9.17, 15) is 36.7 Å². The predicted octanol–water partition coefficient (Wildman–Crippen LogP) is 11.5. The van der Waals surface area contributed by atoms with E-state index in [-0.39, 0.29) is 29.5 Å². The molecular weight excluding hydrogens is 1030 g/mol. The Morgan fingerprint density at radius 3 is 1.19 bits per heavy atom. The molecule has 0 radical (unpaired) electrons. The van der Waals surface area contributed by atoms with Gasteiger partial charge in [-0.25, -0.2) is 37.1 Å². The van der Waals surface area contributed by atoms with Crippen LogP contribution in [0.5, 0.6) is 0 Å². The van der Waals surface area contributed by atoms with E-state index in [4.69, 9.17) is 20.9 Å². The van der Waals surface area contributed by atoms with Gasteiger partial charge in [0, 0.05) is 58.9 Å². The van der Waals surface area contributed by atoms with Crippen LogP contribution in [0.4, 0.5) is 38.8 Å². The van der Waals surface area contributed by atoms with Crippen molar-refractivity contribution < 1.29 is 46.2 Å². The molecule has 8 aromatic rings. The Hall–Kier alpha value is -9.58. The molecule has 6 N–H and O–H groups in total. The molecule has 18 heteroatoms. The molecule has 12 rings (SSSR count). The third-order valence-corrected chi connectivity index (χ3v) is 15.6. The first kappa shape index (κ1) is 52.5. The Balaban J connectivity index is 0.000000169. The van der Waals surface area contributed by atoms with Gasteiger partial charge in [0.05, 0.1) is 38.4 Å². The van der Waals surface area contributed by atoms with Gasteiger partial charge in [0.2, 0.25) is 0 Å². The number of carbonyl (C=O) groups is 4. The molecule has 14 nitrogen and oxygen atoms in total. The second-order valence-corrected chi connectivity index (χ2v) is 20.2. The Morgan fingerprint density at radius 2 is 0.825 bits per heavy atom. The third kappa shape index (κ3) is 8.95. The third-order valence-electron chi connectivity index (χ3n) is 15.6. The summed E-state index contributed by atoms with van der Waals surface area (Å²) in [6.45, 7) is 8.13. The van der Waals surface area contributed by atoms with Gasteiger partial charge in [0.1, 0.15) is 34.9 Å². The minimum absolute atomic E-state index is 0.256. The Morgan fingerprint density at radius 1 is 0.475 bits per heavy atom. The molecule has 6 aromatic carbocycles. The number of anilines is 2. The number of nitrogen functional groups attached to an aromatic ring is 2. The summed E-state index contributed by atoms with van der Waals surface area (Å²) in [6.07, 6.45) is -1.02. The molecule has 2 aromatic heterocycles. The molecular formula is C62H52F4N8O6. The van der Waals surface area contributed by atoms with Crippen LogP contribution >= 0.6 is 0 Å². The second kappa shape index (κ2) is 20.3. The predicted molar refractivity (Wildman–Crippen MR) is 291 cm³/mol. The molecule has 404 valence electrons. The summed E-state index contributed by atoms with van der Waals surface area (Å²) < 4.78 is 66.4.